The van der Waals surface area contributed by atoms with Crippen LogP contribution in [0.5, 0.6) is 5.75 Å². The monoisotopic (exact) mass is 514 g/mol. The Kier molecular flexibility index (Phi) is 7.66. The third-order valence-corrected chi connectivity index (χ3v) is 6.12. The topological polar surface area (TPSA) is 110 Å². The molecule has 1 aliphatic heterocycles. The number of nitrogens with zero attached hydrogens (tertiary/aromatic N) is 2. The highest BCUT2D eigenvalue weighted by molar-refractivity contribution is 6.26. The van der Waals surface area contributed by atoms with Crippen molar-refractivity contribution in [3.63, 3.8) is 0 Å². The fourth-order valence-corrected chi connectivity index (χ4v) is 4.23. The van der Waals surface area contributed by atoms with Gasteiger partial charge in [-0.2, -0.15) is 0 Å². The summed E-state index contributed by atoms with van der Waals surface area (Å²) in [5.74, 6) is -2.99. The summed E-state index contributed by atoms with van der Waals surface area (Å²) in [5.41, 5.74) is -1.03. The van der Waals surface area contributed by atoms with Gasteiger partial charge < -0.3 is 14.3 Å². The van der Waals surface area contributed by atoms with Crippen LogP contribution in [0.3, 0.4) is 0 Å². The SMILES string of the molecule is CC(=O)CCC1(COC(=O)c2ccccc2OC(C)=O)C(=O)N(c2ccccc2)N(c2ccccc2)C1=O. The number of hydrogen-bond acceptors (Lipinski definition) is 7. The first-order chi connectivity index (χ1) is 18.2. The van der Waals surface area contributed by atoms with Gasteiger partial charge in [-0.3, -0.25) is 14.4 Å². The van der Waals surface area contributed by atoms with E-state index in [4.69, 9.17) is 9.47 Å². The number of hydrogen-bond donors (Lipinski definition) is 0. The Bertz CT molecular complexity index is 1310. The van der Waals surface area contributed by atoms with Gasteiger partial charge in [0.1, 0.15) is 23.7 Å². The smallest absolute Gasteiger partial charge is 0.341 e. The number of Topliss-reactive ketones (excluding diaryl/α,β-unsaturated/α-hetero) is 1. The van der Waals surface area contributed by atoms with Crippen molar-refractivity contribution in [2.45, 2.75) is 26.7 Å². The van der Waals surface area contributed by atoms with E-state index in [1.807, 2.05) is 0 Å². The molecule has 3 aromatic carbocycles. The molecule has 0 saturated carbocycles. The minimum absolute atomic E-state index is 0.0105. The highest BCUT2D eigenvalue weighted by Gasteiger charge is 2.60. The summed E-state index contributed by atoms with van der Waals surface area (Å²) in [4.78, 5) is 64.7. The molecule has 0 radical (unpaired) electrons. The average Bonchev–Trinajstić information content (AvgIpc) is 3.13. The van der Waals surface area contributed by atoms with Gasteiger partial charge in [0.15, 0.2) is 5.41 Å². The van der Waals surface area contributed by atoms with Crippen LogP contribution in [0.1, 0.15) is 37.0 Å². The molecule has 38 heavy (non-hydrogen) atoms. The van der Waals surface area contributed by atoms with E-state index in [-0.39, 0.29) is 29.9 Å². The number of amides is 2. The van der Waals surface area contributed by atoms with Gasteiger partial charge in [-0.05, 0) is 49.7 Å². The lowest BCUT2D eigenvalue weighted by molar-refractivity contribution is -0.138. The second kappa shape index (κ2) is 11.1. The number of hydrazine groups is 1. The summed E-state index contributed by atoms with van der Waals surface area (Å²) in [6, 6.07) is 23.2. The number of carbonyl (C=O) groups excluding carboxylic acids is 5. The predicted octanol–water partition coefficient (Wildman–Crippen LogP) is 4.12. The second-order valence-corrected chi connectivity index (χ2v) is 8.86. The third kappa shape index (κ3) is 5.17. The molecule has 1 heterocycles. The summed E-state index contributed by atoms with van der Waals surface area (Å²) in [6.07, 6.45) is -0.240. The maximum Gasteiger partial charge on any atom is 0.341 e. The molecule has 1 saturated heterocycles. The van der Waals surface area contributed by atoms with Crippen molar-refractivity contribution in [2.75, 3.05) is 16.6 Å². The van der Waals surface area contributed by atoms with Gasteiger partial charge in [-0.1, -0.05) is 48.5 Å². The molecule has 2 amide bonds. The lowest BCUT2D eigenvalue weighted by Gasteiger charge is -2.27. The van der Waals surface area contributed by atoms with E-state index in [1.165, 1.54) is 36.0 Å². The minimum atomic E-state index is -1.86. The molecule has 1 aliphatic rings. The number of ketones is 1. The largest absolute Gasteiger partial charge is 0.460 e. The van der Waals surface area contributed by atoms with E-state index in [1.54, 1.807) is 72.8 Å². The van der Waals surface area contributed by atoms with Crippen molar-refractivity contribution in [3.8, 4) is 5.75 Å². The molecule has 0 aliphatic carbocycles. The molecule has 0 spiro atoms. The van der Waals surface area contributed by atoms with Gasteiger partial charge in [-0.15, -0.1) is 0 Å². The van der Waals surface area contributed by atoms with Crippen molar-refractivity contribution in [2.24, 2.45) is 5.41 Å². The zero-order chi connectivity index (χ0) is 27.3. The van der Waals surface area contributed by atoms with Crippen LogP contribution < -0.4 is 14.8 Å². The van der Waals surface area contributed by atoms with Crippen LogP contribution in [0.4, 0.5) is 11.4 Å². The highest BCUT2D eigenvalue weighted by Crippen LogP contribution is 2.42. The Labute approximate surface area is 219 Å². The molecule has 0 bridgehead atoms. The Morgan fingerprint density at radius 1 is 0.737 bits per heavy atom. The maximum absolute atomic E-state index is 14.1. The van der Waals surface area contributed by atoms with Gasteiger partial charge in [-0.25, -0.2) is 14.8 Å². The molecule has 9 nitrogen and oxygen atoms in total. The molecule has 0 unspecified atom stereocenters. The Balaban J connectivity index is 1.74. The van der Waals surface area contributed by atoms with Gasteiger partial charge >= 0.3 is 11.9 Å². The maximum atomic E-state index is 14.1. The lowest BCUT2D eigenvalue weighted by Crippen LogP contribution is -2.42. The first-order valence-electron chi connectivity index (χ1n) is 12.0. The van der Waals surface area contributed by atoms with E-state index in [2.05, 4.69) is 0 Å². The number of anilines is 2. The van der Waals surface area contributed by atoms with Crippen molar-refractivity contribution in [3.05, 3.63) is 90.5 Å². The van der Waals surface area contributed by atoms with Crippen LogP contribution in [0.15, 0.2) is 84.9 Å². The normalized spacial score (nSPS) is 14.4. The number of para-hydroxylation sites is 3. The predicted molar refractivity (Wildman–Crippen MR) is 138 cm³/mol. The van der Waals surface area contributed by atoms with Crippen molar-refractivity contribution < 1.29 is 33.4 Å². The number of esters is 2. The summed E-state index contributed by atoms with van der Waals surface area (Å²) in [6.45, 7) is 1.95. The molecule has 0 atom stereocenters. The van der Waals surface area contributed by atoms with Gasteiger partial charge in [0, 0.05) is 13.3 Å². The van der Waals surface area contributed by atoms with E-state index in [0.717, 1.165) is 0 Å². The fourth-order valence-electron chi connectivity index (χ4n) is 4.23. The van der Waals surface area contributed by atoms with Gasteiger partial charge in [0.2, 0.25) is 0 Å². The molecule has 0 aromatic heterocycles. The molecule has 4 rings (SSSR count). The zero-order valence-corrected chi connectivity index (χ0v) is 21.0. The van der Waals surface area contributed by atoms with Crippen LogP contribution in [0.25, 0.3) is 0 Å². The van der Waals surface area contributed by atoms with Crippen molar-refractivity contribution in [1.82, 2.24) is 0 Å². The highest BCUT2D eigenvalue weighted by atomic mass is 16.5. The molecule has 1 fully saturated rings. The van der Waals surface area contributed by atoms with Crippen LogP contribution in [-0.4, -0.2) is 36.1 Å². The molecule has 9 heteroatoms. The summed E-state index contributed by atoms with van der Waals surface area (Å²) in [7, 11) is 0. The number of ether oxygens (including phenoxy) is 2. The van der Waals surface area contributed by atoms with Crippen LogP contribution in [0.2, 0.25) is 0 Å². The number of rotatable bonds is 9. The average molecular weight is 515 g/mol. The number of carbonyl (C=O) groups is 5. The summed E-state index contributed by atoms with van der Waals surface area (Å²) in [5, 5.41) is 2.50. The standard InChI is InChI=1S/C29H26N2O7/c1-20(32)17-18-29(19-37-26(34)24-15-9-10-16-25(24)38-21(2)33)27(35)30(22-11-5-3-6-12-22)31(28(29)36)23-13-7-4-8-14-23/h3-16H,17-19H2,1-2H3. The molecular weight excluding hydrogens is 488 g/mol. The Morgan fingerprint density at radius 2 is 1.24 bits per heavy atom. The molecule has 3 aromatic rings. The quantitative estimate of drug-likeness (QED) is 0.240. The van der Waals surface area contributed by atoms with Crippen LogP contribution in [0, 0.1) is 5.41 Å². The van der Waals surface area contributed by atoms with Crippen molar-refractivity contribution >= 4 is 40.9 Å². The summed E-state index contributed by atoms with van der Waals surface area (Å²) < 4.78 is 10.6. The number of benzene rings is 3. The van der Waals surface area contributed by atoms with Gasteiger partial charge in [0.25, 0.3) is 11.8 Å². The molecular formula is C29H26N2O7. The van der Waals surface area contributed by atoms with E-state index >= 15 is 0 Å². The lowest BCUT2D eigenvalue weighted by atomic mass is 9.82. The fraction of sp³-hybridized carbons (Fsp3) is 0.207. The summed E-state index contributed by atoms with van der Waals surface area (Å²) >= 11 is 0. The van der Waals surface area contributed by atoms with Crippen LogP contribution in [-0.2, 0) is 23.9 Å². The van der Waals surface area contributed by atoms with E-state index in [0.29, 0.717) is 11.4 Å². The molecule has 0 N–H and O–H groups in total. The first-order valence-corrected chi connectivity index (χ1v) is 12.0. The van der Waals surface area contributed by atoms with E-state index < -0.39 is 35.8 Å². The molecule has 194 valence electrons. The van der Waals surface area contributed by atoms with Crippen LogP contribution >= 0.6 is 0 Å². The Morgan fingerprint density at radius 3 is 1.74 bits per heavy atom. The first kappa shape index (κ1) is 26.3. The Hall–Kier alpha value is -4.79. The van der Waals surface area contributed by atoms with Crippen molar-refractivity contribution in [1.29, 1.82) is 0 Å². The minimum Gasteiger partial charge on any atom is -0.460 e. The zero-order valence-electron chi connectivity index (χ0n) is 21.0. The van der Waals surface area contributed by atoms with Gasteiger partial charge in [0.05, 0.1) is 11.4 Å². The third-order valence-electron chi connectivity index (χ3n) is 6.12. The van der Waals surface area contributed by atoms with E-state index in [9.17, 15) is 24.0 Å². The second-order valence-electron chi connectivity index (χ2n) is 8.86.